The number of benzene rings is 1. The van der Waals surface area contributed by atoms with Crippen molar-refractivity contribution in [3.05, 3.63) is 24.3 Å². The van der Waals surface area contributed by atoms with Crippen molar-refractivity contribution in [3.8, 4) is 5.75 Å². The lowest BCUT2D eigenvalue weighted by Crippen LogP contribution is -2.39. The molecule has 2 aliphatic rings. The average Bonchev–Trinajstić information content (AvgIpc) is 3.01. The average molecular weight is 285 g/mol. The van der Waals surface area contributed by atoms with Gasteiger partial charge < -0.3 is 4.74 Å². The van der Waals surface area contributed by atoms with Crippen molar-refractivity contribution in [1.82, 2.24) is 4.31 Å². The van der Waals surface area contributed by atoms with Gasteiger partial charge in [-0.3, -0.25) is 0 Å². The van der Waals surface area contributed by atoms with Gasteiger partial charge in [0, 0.05) is 23.6 Å². The molecule has 2 atom stereocenters. The monoisotopic (exact) mass is 285 g/mol. The van der Waals surface area contributed by atoms with Crippen LogP contribution in [0.15, 0.2) is 29.2 Å². The summed E-state index contributed by atoms with van der Waals surface area (Å²) in [5, 5.41) is 0.489. The van der Waals surface area contributed by atoms with Gasteiger partial charge in [0.1, 0.15) is 5.75 Å². The lowest BCUT2D eigenvalue weighted by Gasteiger charge is -2.25. The van der Waals surface area contributed by atoms with Crippen LogP contribution in [-0.4, -0.2) is 43.4 Å². The van der Waals surface area contributed by atoms with Gasteiger partial charge in [-0.2, -0.15) is 16.1 Å². The van der Waals surface area contributed by atoms with Crippen LogP contribution in [0.3, 0.4) is 0 Å². The Morgan fingerprint density at radius 1 is 1.33 bits per heavy atom. The molecule has 2 fully saturated rings. The van der Waals surface area contributed by atoms with Crippen molar-refractivity contribution >= 4 is 21.8 Å². The van der Waals surface area contributed by atoms with Crippen LogP contribution in [-0.2, 0) is 10.0 Å². The second-order valence-corrected chi connectivity index (χ2v) is 7.82. The zero-order valence-corrected chi connectivity index (χ0v) is 11.7. The maximum atomic E-state index is 12.5. The Morgan fingerprint density at radius 3 is 2.56 bits per heavy atom. The third-order valence-electron chi connectivity index (χ3n) is 3.52. The SMILES string of the molecule is COc1ccc(S(=O)(=O)N2C[C@H]3C[C@H]2CS3)cc1. The van der Waals surface area contributed by atoms with Gasteiger partial charge in [-0.15, -0.1) is 0 Å². The van der Waals surface area contributed by atoms with E-state index in [2.05, 4.69) is 0 Å². The molecular formula is C12H15NO3S2. The number of ether oxygens (including phenoxy) is 1. The molecule has 0 N–H and O–H groups in total. The van der Waals surface area contributed by atoms with E-state index < -0.39 is 10.0 Å². The first-order valence-corrected chi connectivity index (χ1v) is 8.37. The van der Waals surface area contributed by atoms with Gasteiger partial charge in [0.2, 0.25) is 10.0 Å². The van der Waals surface area contributed by atoms with Gasteiger partial charge in [0.05, 0.1) is 12.0 Å². The highest BCUT2D eigenvalue weighted by Gasteiger charge is 2.44. The molecule has 2 heterocycles. The van der Waals surface area contributed by atoms with Crippen LogP contribution < -0.4 is 4.74 Å². The van der Waals surface area contributed by atoms with E-state index in [0.717, 1.165) is 12.2 Å². The quantitative estimate of drug-likeness (QED) is 0.846. The molecule has 0 amide bonds. The fourth-order valence-electron chi connectivity index (χ4n) is 2.54. The van der Waals surface area contributed by atoms with E-state index in [9.17, 15) is 8.42 Å². The largest absolute Gasteiger partial charge is 0.497 e. The normalized spacial score (nSPS) is 27.6. The molecule has 0 saturated carbocycles. The van der Waals surface area contributed by atoms with Crippen molar-refractivity contribution < 1.29 is 13.2 Å². The first-order valence-electron chi connectivity index (χ1n) is 5.89. The number of hydrogen-bond donors (Lipinski definition) is 0. The molecule has 1 aromatic rings. The fourth-order valence-corrected chi connectivity index (χ4v) is 5.85. The third kappa shape index (κ3) is 1.92. The summed E-state index contributed by atoms with van der Waals surface area (Å²) in [5.41, 5.74) is 0. The maximum absolute atomic E-state index is 12.5. The lowest BCUT2D eigenvalue weighted by molar-refractivity contribution is 0.408. The minimum absolute atomic E-state index is 0.187. The Bertz CT molecular complexity index is 541. The third-order valence-corrected chi connectivity index (χ3v) is 6.84. The van der Waals surface area contributed by atoms with E-state index in [-0.39, 0.29) is 6.04 Å². The van der Waals surface area contributed by atoms with E-state index in [1.54, 1.807) is 35.7 Å². The Kier molecular flexibility index (Phi) is 3.03. The van der Waals surface area contributed by atoms with Crippen molar-refractivity contribution in [2.75, 3.05) is 19.4 Å². The topological polar surface area (TPSA) is 46.6 Å². The van der Waals surface area contributed by atoms with Crippen LogP contribution in [0.5, 0.6) is 5.75 Å². The summed E-state index contributed by atoms with van der Waals surface area (Å²) < 4.78 is 31.7. The van der Waals surface area contributed by atoms with Crippen LogP contribution in [0.4, 0.5) is 0 Å². The van der Waals surface area contributed by atoms with Crippen molar-refractivity contribution in [2.24, 2.45) is 0 Å². The molecule has 0 aromatic heterocycles. The molecular weight excluding hydrogens is 270 g/mol. The highest BCUT2D eigenvalue weighted by molar-refractivity contribution is 8.00. The minimum atomic E-state index is -3.33. The second kappa shape index (κ2) is 4.43. The molecule has 2 aliphatic heterocycles. The summed E-state index contributed by atoms with van der Waals surface area (Å²) in [6.45, 7) is 0.656. The van der Waals surface area contributed by atoms with Crippen molar-refractivity contribution in [3.63, 3.8) is 0 Å². The molecule has 4 nitrogen and oxygen atoms in total. The van der Waals surface area contributed by atoms with Gasteiger partial charge in [-0.05, 0) is 30.7 Å². The van der Waals surface area contributed by atoms with Crippen molar-refractivity contribution in [2.45, 2.75) is 22.6 Å². The number of rotatable bonds is 3. The molecule has 2 saturated heterocycles. The molecule has 0 spiro atoms. The van der Waals surface area contributed by atoms with Crippen LogP contribution in [0, 0.1) is 0 Å². The number of hydrogen-bond acceptors (Lipinski definition) is 4. The molecule has 0 aliphatic carbocycles. The van der Waals surface area contributed by atoms with E-state index in [4.69, 9.17) is 4.74 Å². The summed E-state index contributed by atoms with van der Waals surface area (Å²) >= 11 is 1.89. The number of fused-ring (bicyclic) bond motifs is 2. The highest BCUT2D eigenvalue weighted by Crippen LogP contribution is 2.40. The van der Waals surface area contributed by atoms with Crippen LogP contribution in [0.1, 0.15) is 6.42 Å². The molecule has 3 rings (SSSR count). The second-order valence-electron chi connectivity index (χ2n) is 4.60. The van der Waals surface area contributed by atoms with Gasteiger partial charge >= 0.3 is 0 Å². The summed E-state index contributed by atoms with van der Waals surface area (Å²) in [6.07, 6.45) is 1.00. The molecule has 1 aromatic carbocycles. The lowest BCUT2D eigenvalue weighted by atomic mass is 10.3. The van der Waals surface area contributed by atoms with E-state index >= 15 is 0 Å². The maximum Gasteiger partial charge on any atom is 0.243 e. The minimum Gasteiger partial charge on any atom is -0.497 e. The molecule has 6 heteroatoms. The Balaban J connectivity index is 1.89. The van der Waals surface area contributed by atoms with E-state index in [1.165, 1.54) is 0 Å². The predicted molar refractivity (Wildman–Crippen MR) is 71.5 cm³/mol. The van der Waals surface area contributed by atoms with Crippen LogP contribution >= 0.6 is 11.8 Å². The summed E-state index contributed by atoms with van der Waals surface area (Å²) in [7, 11) is -1.76. The van der Waals surface area contributed by atoms with Gasteiger partial charge in [0.25, 0.3) is 0 Å². The van der Waals surface area contributed by atoms with Gasteiger partial charge in [0.15, 0.2) is 0 Å². The predicted octanol–water partition coefficient (Wildman–Crippen LogP) is 1.57. The van der Waals surface area contributed by atoms with E-state index in [0.29, 0.717) is 22.4 Å². The number of sulfonamides is 1. The molecule has 0 unspecified atom stereocenters. The zero-order valence-electron chi connectivity index (χ0n) is 10.1. The van der Waals surface area contributed by atoms with E-state index in [1.807, 2.05) is 11.8 Å². The Labute approximate surface area is 111 Å². The fraction of sp³-hybridized carbons (Fsp3) is 0.500. The Hall–Kier alpha value is -0.720. The standard InChI is InChI=1S/C12H15NO3S2/c1-16-10-2-4-12(5-3-10)18(14,15)13-7-11-6-9(13)8-17-11/h2-5,9,11H,6-8H2,1H3/t9-,11+/m0/s1. The van der Waals surface area contributed by atoms with Gasteiger partial charge in [-0.25, -0.2) is 8.42 Å². The number of nitrogens with zero attached hydrogens (tertiary/aromatic N) is 1. The zero-order chi connectivity index (χ0) is 12.8. The van der Waals surface area contributed by atoms with Gasteiger partial charge in [-0.1, -0.05) is 0 Å². The van der Waals surface area contributed by atoms with Crippen LogP contribution in [0.2, 0.25) is 0 Å². The molecule has 2 bridgehead atoms. The molecule has 98 valence electrons. The first kappa shape index (κ1) is 12.3. The highest BCUT2D eigenvalue weighted by atomic mass is 32.2. The molecule has 0 radical (unpaired) electrons. The first-order chi connectivity index (χ1) is 8.61. The van der Waals surface area contributed by atoms with Crippen LogP contribution in [0.25, 0.3) is 0 Å². The number of methoxy groups -OCH3 is 1. The smallest absolute Gasteiger partial charge is 0.243 e. The Morgan fingerprint density at radius 2 is 2.06 bits per heavy atom. The summed E-state index contributed by atoms with van der Waals surface area (Å²) in [4.78, 5) is 0.362. The number of thioether (sulfide) groups is 1. The summed E-state index contributed by atoms with van der Waals surface area (Å²) in [5.74, 6) is 1.60. The molecule has 18 heavy (non-hydrogen) atoms. The van der Waals surface area contributed by atoms with Crippen molar-refractivity contribution in [1.29, 1.82) is 0 Å². The summed E-state index contributed by atoms with van der Waals surface area (Å²) in [6, 6.07) is 6.80.